The molecule has 32 heavy (non-hydrogen) atoms. The third-order valence-corrected chi connectivity index (χ3v) is 5.42. The van der Waals surface area contributed by atoms with Gasteiger partial charge in [-0.3, -0.25) is 4.79 Å². The van der Waals surface area contributed by atoms with Crippen LogP contribution in [0, 0.1) is 18.3 Å². The Hall–Kier alpha value is -4.24. The average Bonchev–Trinajstić information content (AvgIpc) is 3.40. The van der Waals surface area contributed by atoms with Crippen LogP contribution in [0.4, 0.5) is 0 Å². The molecule has 1 amide bonds. The third kappa shape index (κ3) is 4.42. The van der Waals surface area contributed by atoms with Gasteiger partial charge in [-0.1, -0.05) is 18.2 Å². The molecule has 0 atom stereocenters. The highest BCUT2D eigenvalue weighted by molar-refractivity contribution is 6.01. The Morgan fingerprint density at radius 3 is 2.75 bits per heavy atom. The van der Waals surface area contributed by atoms with E-state index in [4.69, 9.17) is 4.74 Å². The van der Waals surface area contributed by atoms with E-state index >= 15 is 0 Å². The number of nitriles is 1. The number of rotatable bonds is 7. The lowest BCUT2D eigenvalue weighted by Crippen LogP contribution is -2.26. The third-order valence-electron chi connectivity index (χ3n) is 5.42. The van der Waals surface area contributed by atoms with Crippen molar-refractivity contribution >= 4 is 22.9 Å². The van der Waals surface area contributed by atoms with Crippen LogP contribution in [0.3, 0.4) is 0 Å². The van der Waals surface area contributed by atoms with E-state index in [1.165, 1.54) is 0 Å². The van der Waals surface area contributed by atoms with Crippen LogP contribution in [0.25, 0.3) is 22.7 Å². The summed E-state index contributed by atoms with van der Waals surface area (Å²) in [6.45, 7) is 2.43. The minimum absolute atomic E-state index is 0.0795. The number of nitrogens with zero attached hydrogens (tertiary/aromatic N) is 2. The maximum Gasteiger partial charge on any atom is 0.261 e. The lowest BCUT2D eigenvalue weighted by molar-refractivity contribution is -0.117. The van der Waals surface area contributed by atoms with Crippen LogP contribution < -0.4 is 10.1 Å². The number of para-hydroxylation sites is 1. The lowest BCUT2D eigenvalue weighted by atomic mass is 10.1. The Bertz CT molecular complexity index is 1320. The molecule has 0 aliphatic rings. The fourth-order valence-corrected chi connectivity index (χ4v) is 3.76. The van der Waals surface area contributed by atoms with E-state index in [1.54, 1.807) is 13.2 Å². The summed E-state index contributed by atoms with van der Waals surface area (Å²) in [6.07, 6.45) is 6.17. The number of aromatic nitrogens is 2. The van der Waals surface area contributed by atoms with Crippen LogP contribution in [0.5, 0.6) is 5.75 Å². The van der Waals surface area contributed by atoms with Crippen molar-refractivity contribution in [2.45, 2.75) is 13.3 Å². The van der Waals surface area contributed by atoms with Crippen molar-refractivity contribution in [1.82, 2.24) is 14.9 Å². The quantitative estimate of drug-likeness (QED) is 0.337. The second-order valence-electron chi connectivity index (χ2n) is 7.52. The van der Waals surface area contributed by atoms with E-state index in [2.05, 4.69) is 16.4 Å². The number of aromatic amines is 1. The number of ether oxygens (including phenoxy) is 1. The van der Waals surface area contributed by atoms with Crippen LogP contribution >= 0.6 is 0 Å². The number of nitrogens with one attached hydrogen (secondary N) is 2. The number of hydrogen-bond acceptors (Lipinski definition) is 3. The smallest absolute Gasteiger partial charge is 0.261 e. The molecule has 4 rings (SSSR count). The summed E-state index contributed by atoms with van der Waals surface area (Å²) in [4.78, 5) is 15.8. The van der Waals surface area contributed by atoms with Gasteiger partial charge in [-0.15, -0.1) is 0 Å². The van der Waals surface area contributed by atoms with E-state index < -0.39 is 0 Å². The molecule has 0 fully saturated rings. The maximum absolute atomic E-state index is 12.6. The molecule has 0 unspecified atom stereocenters. The number of carbonyl (C=O) groups is 1. The zero-order valence-electron chi connectivity index (χ0n) is 18.1. The van der Waals surface area contributed by atoms with Gasteiger partial charge in [0.1, 0.15) is 17.4 Å². The molecule has 0 radical (unpaired) electrons. The minimum Gasteiger partial charge on any atom is -0.497 e. The Labute approximate surface area is 186 Å². The van der Waals surface area contributed by atoms with Crippen LogP contribution in [0.15, 0.2) is 72.6 Å². The molecule has 6 nitrogen and oxygen atoms in total. The monoisotopic (exact) mass is 424 g/mol. The molecule has 6 heteroatoms. The second kappa shape index (κ2) is 9.27. The van der Waals surface area contributed by atoms with Crippen molar-refractivity contribution in [1.29, 1.82) is 5.26 Å². The molecular formula is C26H24N4O2. The first-order chi connectivity index (χ1) is 15.6. The Morgan fingerprint density at radius 2 is 2.00 bits per heavy atom. The Balaban J connectivity index is 1.44. The number of amides is 1. The number of aryl methyl sites for hydroxylation is 1. The van der Waals surface area contributed by atoms with E-state index in [-0.39, 0.29) is 11.5 Å². The van der Waals surface area contributed by atoms with E-state index in [1.807, 2.05) is 78.5 Å². The highest BCUT2D eigenvalue weighted by atomic mass is 16.5. The van der Waals surface area contributed by atoms with Gasteiger partial charge in [-0.2, -0.15) is 5.26 Å². The van der Waals surface area contributed by atoms with Gasteiger partial charge in [0.2, 0.25) is 0 Å². The van der Waals surface area contributed by atoms with Crippen molar-refractivity contribution in [2.24, 2.45) is 0 Å². The summed E-state index contributed by atoms with van der Waals surface area (Å²) in [5.41, 5.74) is 5.05. The van der Waals surface area contributed by atoms with Crippen LogP contribution in [0.2, 0.25) is 0 Å². The predicted octanol–water partition coefficient (Wildman–Crippen LogP) is 4.54. The van der Waals surface area contributed by atoms with Gasteiger partial charge < -0.3 is 19.6 Å². The topological polar surface area (TPSA) is 82.8 Å². The predicted molar refractivity (Wildman–Crippen MR) is 126 cm³/mol. The van der Waals surface area contributed by atoms with E-state index in [0.717, 1.165) is 39.2 Å². The Morgan fingerprint density at radius 1 is 1.22 bits per heavy atom. The van der Waals surface area contributed by atoms with Gasteiger partial charge in [0.15, 0.2) is 0 Å². The first-order valence-electron chi connectivity index (χ1n) is 10.4. The van der Waals surface area contributed by atoms with Crippen molar-refractivity contribution in [3.05, 3.63) is 89.4 Å². The molecule has 2 aromatic carbocycles. The normalized spacial score (nSPS) is 11.3. The van der Waals surface area contributed by atoms with Gasteiger partial charge in [-0.05, 0) is 66.9 Å². The molecule has 0 saturated heterocycles. The van der Waals surface area contributed by atoms with Gasteiger partial charge >= 0.3 is 0 Å². The first kappa shape index (κ1) is 21.0. The molecular weight excluding hydrogens is 400 g/mol. The molecule has 2 N–H and O–H groups in total. The fraction of sp³-hybridized carbons (Fsp3) is 0.154. The van der Waals surface area contributed by atoms with E-state index in [9.17, 15) is 10.1 Å². The lowest BCUT2D eigenvalue weighted by Gasteiger charge is -2.07. The van der Waals surface area contributed by atoms with Crippen LogP contribution in [0.1, 0.15) is 16.8 Å². The SMILES string of the molecule is COc1ccc(-n2cc(/C=C(\C#N)C(=O)NCCc3c[nH]c4ccccc34)cc2C)cc1. The second-order valence-corrected chi connectivity index (χ2v) is 7.52. The number of H-pyrrole nitrogens is 1. The summed E-state index contributed by atoms with van der Waals surface area (Å²) in [6, 6.07) is 19.7. The molecule has 0 bridgehead atoms. The molecule has 0 aliphatic heterocycles. The van der Waals surface area contributed by atoms with Gasteiger partial charge in [-0.25, -0.2) is 0 Å². The Kier molecular flexibility index (Phi) is 6.09. The average molecular weight is 425 g/mol. The number of fused-ring (bicyclic) bond motifs is 1. The number of hydrogen-bond donors (Lipinski definition) is 2. The highest BCUT2D eigenvalue weighted by Crippen LogP contribution is 2.20. The maximum atomic E-state index is 12.6. The van der Waals surface area contributed by atoms with Crippen molar-refractivity contribution in [2.75, 3.05) is 13.7 Å². The van der Waals surface area contributed by atoms with Crippen molar-refractivity contribution < 1.29 is 9.53 Å². The fourth-order valence-electron chi connectivity index (χ4n) is 3.76. The zero-order chi connectivity index (χ0) is 22.5. The van der Waals surface area contributed by atoms with Crippen molar-refractivity contribution in [3.63, 3.8) is 0 Å². The van der Waals surface area contributed by atoms with Gasteiger partial charge in [0.25, 0.3) is 5.91 Å². The van der Waals surface area contributed by atoms with Crippen LogP contribution in [-0.4, -0.2) is 29.1 Å². The molecule has 0 saturated carbocycles. The standard InChI is InChI=1S/C26H24N4O2/c1-18-13-19(17-30(18)22-7-9-23(32-2)10-8-22)14-21(15-27)26(31)28-12-11-20-16-29-25-6-4-3-5-24(20)25/h3-10,13-14,16-17,29H,11-12H2,1-2H3,(H,28,31)/b21-14+. The molecule has 2 heterocycles. The zero-order valence-corrected chi connectivity index (χ0v) is 18.1. The summed E-state index contributed by atoms with van der Waals surface area (Å²) in [5.74, 6) is 0.414. The molecule has 4 aromatic rings. The number of benzene rings is 2. The number of carbonyl (C=O) groups excluding carboxylic acids is 1. The minimum atomic E-state index is -0.373. The molecule has 0 aliphatic carbocycles. The summed E-state index contributed by atoms with van der Waals surface area (Å²) in [5, 5.41) is 13.5. The molecule has 2 aromatic heterocycles. The summed E-state index contributed by atoms with van der Waals surface area (Å²) >= 11 is 0. The van der Waals surface area contributed by atoms with E-state index in [0.29, 0.717) is 13.0 Å². The molecule has 0 spiro atoms. The summed E-state index contributed by atoms with van der Waals surface area (Å²) in [7, 11) is 1.63. The highest BCUT2D eigenvalue weighted by Gasteiger charge is 2.11. The van der Waals surface area contributed by atoms with Gasteiger partial charge in [0.05, 0.1) is 7.11 Å². The van der Waals surface area contributed by atoms with Gasteiger partial charge in [0, 0.05) is 41.2 Å². The first-order valence-corrected chi connectivity index (χ1v) is 10.4. The largest absolute Gasteiger partial charge is 0.497 e. The number of methoxy groups -OCH3 is 1. The van der Waals surface area contributed by atoms with Crippen molar-refractivity contribution in [3.8, 4) is 17.5 Å². The molecule has 160 valence electrons. The summed E-state index contributed by atoms with van der Waals surface area (Å²) < 4.78 is 7.22. The van der Waals surface area contributed by atoms with Crippen LogP contribution in [-0.2, 0) is 11.2 Å².